The van der Waals surface area contributed by atoms with Crippen molar-refractivity contribution in [2.75, 3.05) is 6.61 Å². The molecule has 0 saturated heterocycles. The average Bonchev–Trinajstić information content (AvgIpc) is 2.49. The smallest absolute Gasteiger partial charge is 0.305 e. The molecule has 22 heavy (non-hydrogen) atoms. The number of rotatable bonds is 5. The van der Waals surface area contributed by atoms with Crippen molar-refractivity contribution in [2.45, 2.75) is 6.92 Å². The summed E-state index contributed by atoms with van der Waals surface area (Å²) in [6.45, 7) is 2.66. The van der Waals surface area contributed by atoms with Crippen LogP contribution in [0.2, 0.25) is 0 Å². The Bertz CT molecular complexity index is 622. The van der Waals surface area contributed by atoms with Gasteiger partial charge in [0.1, 0.15) is 11.5 Å². The number of nitro groups is 1. The summed E-state index contributed by atoms with van der Waals surface area (Å²) in [7, 11) is 0. The molecule has 0 aliphatic rings. The molecule has 2 rings (SSSR count). The van der Waals surface area contributed by atoms with Crippen LogP contribution in [0.4, 0.5) is 10.1 Å². The van der Waals surface area contributed by atoms with Gasteiger partial charge < -0.3 is 9.47 Å². The Kier molecular flexibility index (Phi) is 6.97. The third kappa shape index (κ3) is 5.53. The molecule has 0 unspecified atom stereocenters. The van der Waals surface area contributed by atoms with Gasteiger partial charge in [-0.05, 0) is 25.1 Å². The molecular weight excluding hydrogens is 295 g/mol. The van der Waals surface area contributed by atoms with E-state index in [9.17, 15) is 19.3 Å². The number of hydrogen-bond donors (Lipinski definition) is 0. The van der Waals surface area contributed by atoms with E-state index in [4.69, 9.17) is 4.74 Å². The van der Waals surface area contributed by atoms with Crippen molar-refractivity contribution in [3.8, 4) is 11.5 Å². The number of carbonyl (C=O) groups excluding carboxylic acids is 1. The molecule has 116 valence electrons. The quantitative estimate of drug-likeness (QED) is 0.479. The fraction of sp³-hybridized carbons (Fsp3) is 0.143. The van der Waals surface area contributed by atoms with Gasteiger partial charge in [0.25, 0.3) is 6.47 Å². The summed E-state index contributed by atoms with van der Waals surface area (Å²) in [4.78, 5) is 22.6. The molecule has 1 aromatic heterocycles. The molecule has 0 radical (unpaired) electrons. The van der Waals surface area contributed by atoms with E-state index < -0.39 is 16.4 Å². The molecule has 0 aliphatic carbocycles. The van der Waals surface area contributed by atoms with Crippen LogP contribution in [-0.4, -0.2) is 23.0 Å². The molecule has 8 heteroatoms. The first-order chi connectivity index (χ1) is 10.6. The summed E-state index contributed by atoms with van der Waals surface area (Å²) in [5.74, 6) is -0.255. The lowest BCUT2D eigenvalue weighted by Gasteiger charge is -2.04. The molecule has 0 fully saturated rings. The predicted octanol–water partition coefficient (Wildman–Crippen LogP) is 3.10. The van der Waals surface area contributed by atoms with Crippen molar-refractivity contribution in [3.63, 3.8) is 0 Å². The maximum Gasteiger partial charge on any atom is 0.305 e. The molecule has 0 atom stereocenters. The number of benzene rings is 1. The fourth-order valence-corrected chi connectivity index (χ4v) is 1.31. The summed E-state index contributed by atoms with van der Waals surface area (Å²) >= 11 is 0. The van der Waals surface area contributed by atoms with Gasteiger partial charge in [0.2, 0.25) is 5.82 Å². The van der Waals surface area contributed by atoms with Gasteiger partial charge in [-0.1, -0.05) is 0 Å². The van der Waals surface area contributed by atoms with Gasteiger partial charge in [-0.2, -0.15) is 4.39 Å². The number of nitro benzene ring substituents is 1. The van der Waals surface area contributed by atoms with Crippen molar-refractivity contribution in [3.05, 3.63) is 58.7 Å². The summed E-state index contributed by atoms with van der Waals surface area (Å²) in [5.41, 5.74) is -0.577. The van der Waals surface area contributed by atoms with Gasteiger partial charge in [0.15, 0.2) is 0 Å². The first kappa shape index (κ1) is 17.0. The number of hydrogen-bond acceptors (Lipinski definition) is 6. The van der Waals surface area contributed by atoms with Crippen LogP contribution in [-0.2, 0) is 9.53 Å². The maximum absolute atomic E-state index is 13.3. The highest BCUT2D eigenvalue weighted by Gasteiger charge is 2.14. The lowest BCUT2D eigenvalue weighted by atomic mass is 10.3. The predicted molar refractivity (Wildman–Crippen MR) is 75.1 cm³/mol. The van der Waals surface area contributed by atoms with Gasteiger partial charge in [0, 0.05) is 24.5 Å². The Morgan fingerprint density at radius 1 is 1.27 bits per heavy atom. The second-order valence-electron chi connectivity index (χ2n) is 3.71. The van der Waals surface area contributed by atoms with E-state index in [0.29, 0.717) is 18.8 Å². The largest absolute Gasteiger partial charge is 0.468 e. The zero-order valence-corrected chi connectivity index (χ0v) is 11.6. The Hall–Kier alpha value is -3.03. The van der Waals surface area contributed by atoms with Crippen molar-refractivity contribution in [2.24, 2.45) is 0 Å². The SMILES string of the molecule is CCOC=O.O=[N+]([O-])c1ccc(Oc2ccncc2)cc1F. The molecule has 0 aliphatic heterocycles. The number of nitrogens with zero attached hydrogens (tertiary/aromatic N) is 2. The minimum Gasteiger partial charge on any atom is -0.468 e. The Morgan fingerprint density at radius 3 is 2.41 bits per heavy atom. The van der Waals surface area contributed by atoms with E-state index in [0.717, 1.165) is 12.1 Å². The van der Waals surface area contributed by atoms with E-state index in [-0.39, 0.29) is 5.75 Å². The third-order valence-electron chi connectivity index (χ3n) is 2.24. The molecule has 2 aromatic rings. The lowest BCUT2D eigenvalue weighted by Crippen LogP contribution is -1.93. The van der Waals surface area contributed by atoms with E-state index in [1.54, 1.807) is 19.1 Å². The van der Waals surface area contributed by atoms with E-state index >= 15 is 0 Å². The van der Waals surface area contributed by atoms with E-state index in [1.165, 1.54) is 18.5 Å². The summed E-state index contributed by atoms with van der Waals surface area (Å²) < 4.78 is 22.7. The minimum absolute atomic E-state index is 0.194. The number of ether oxygens (including phenoxy) is 2. The van der Waals surface area contributed by atoms with E-state index in [2.05, 4.69) is 9.72 Å². The van der Waals surface area contributed by atoms with Gasteiger partial charge in [-0.25, -0.2) is 0 Å². The second-order valence-corrected chi connectivity index (χ2v) is 3.71. The van der Waals surface area contributed by atoms with Crippen molar-refractivity contribution in [1.29, 1.82) is 0 Å². The number of aromatic nitrogens is 1. The normalized spacial score (nSPS) is 9.18. The molecule has 1 aromatic carbocycles. The Balaban J connectivity index is 0.000000422. The highest BCUT2D eigenvalue weighted by molar-refractivity contribution is 5.39. The topological polar surface area (TPSA) is 91.6 Å². The van der Waals surface area contributed by atoms with Gasteiger partial charge in [-0.3, -0.25) is 19.9 Å². The average molecular weight is 308 g/mol. The highest BCUT2D eigenvalue weighted by Crippen LogP contribution is 2.25. The zero-order chi connectivity index (χ0) is 16.4. The molecule has 0 saturated carbocycles. The maximum atomic E-state index is 13.3. The molecule has 0 bridgehead atoms. The van der Waals surface area contributed by atoms with Crippen LogP contribution < -0.4 is 4.74 Å². The molecule has 0 spiro atoms. The molecule has 0 N–H and O–H groups in total. The van der Waals surface area contributed by atoms with Crippen molar-refractivity contribution >= 4 is 12.2 Å². The number of pyridine rings is 1. The van der Waals surface area contributed by atoms with Gasteiger partial charge in [0.05, 0.1) is 11.5 Å². The first-order valence-corrected chi connectivity index (χ1v) is 6.15. The zero-order valence-electron chi connectivity index (χ0n) is 11.6. The monoisotopic (exact) mass is 308 g/mol. The second kappa shape index (κ2) is 9.01. The fourth-order valence-electron chi connectivity index (χ4n) is 1.31. The summed E-state index contributed by atoms with van der Waals surface area (Å²) in [6.07, 6.45) is 3.05. The molecular formula is C14H13FN2O5. The molecule has 1 heterocycles. The summed E-state index contributed by atoms with van der Waals surface area (Å²) in [5, 5.41) is 10.4. The van der Waals surface area contributed by atoms with Crippen LogP contribution in [0.1, 0.15) is 6.92 Å². The molecule has 0 amide bonds. The van der Waals surface area contributed by atoms with Crippen molar-refractivity contribution < 1.29 is 23.6 Å². The van der Waals surface area contributed by atoms with Crippen LogP contribution >= 0.6 is 0 Å². The minimum atomic E-state index is -0.929. The van der Waals surface area contributed by atoms with Crippen LogP contribution in [0, 0.1) is 15.9 Å². The van der Waals surface area contributed by atoms with Gasteiger partial charge in [-0.15, -0.1) is 0 Å². The number of carbonyl (C=O) groups is 1. The Morgan fingerprint density at radius 2 is 1.95 bits per heavy atom. The van der Waals surface area contributed by atoms with Crippen LogP contribution in [0.15, 0.2) is 42.7 Å². The van der Waals surface area contributed by atoms with E-state index in [1.807, 2.05) is 0 Å². The standard InChI is InChI=1S/C11H7FN2O3.C3H6O2/c12-10-7-9(1-2-11(10)14(15)16)17-8-3-5-13-6-4-8;1-2-5-3-4/h1-7H;3H,2H2,1H3. The third-order valence-corrected chi connectivity index (χ3v) is 2.24. The summed E-state index contributed by atoms with van der Waals surface area (Å²) in [6, 6.07) is 6.56. The Labute approximate surface area is 125 Å². The highest BCUT2D eigenvalue weighted by atomic mass is 19.1. The van der Waals surface area contributed by atoms with Crippen LogP contribution in [0.25, 0.3) is 0 Å². The van der Waals surface area contributed by atoms with Crippen molar-refractivity contribution in [1.82, 2.24) is 4.98 Å². The first-order valence-electron chi connectivity index (χ1n) is 6.15. The molecule has 7 nitrogen and oxygen atoms in total. The van der Waals surface area contributed by atoms with Crippen LogP contribution in [0.3, 0.4) is 0 Å². The van der Waals surface area contributed by atoms with Gasteiger partial charge >= 0.3 is 5.69 Å². The number of halogens is 1. The lowest BCUT2D eigenvalue weighted by molar-refractivity contribution is -0.387. The van der Waals surface area contributed by atoms with Crippen LogP contribution in [0.5, 0.6) is 11.5 Å².